The maximum atomic E-state index is 6.29. The number of benzene rings is 2. The Kier molecular flexibility index (Phi) is 7.07. The summed E-state index contributed by atoms with van der Waals surface area (Å²) >= 11 is 0. The van der Waals surface area contributed by atoms with Crippen molar-refractivity contribution in [2.75, 3.05) is 38.5 Å². The van der Waals surface area contributed by atoms with E-state index in [2.05, 4.69) is 99.7 Å². The molecule has 4 rings (SSSR count). The van der Waals surface area contributed by atoms with Crippen LogP contribution in [0.3, 0.4) is 0 Å². The molecule has 4 nitrogen and oxygen atoms in total. The number of rotatable bonds is 7. The summed E-state index contributed by atoms with van der Waals surface area (Å²) in [6.45, 7) is 16.0. The lowest BCUT2D eigenvalue weighted by Crippen LogP contribution is -2.26. The van der Waals surface area contributed by atoms with Crippen LogP contribution in [0.1, 0.15) is 64.2 Å². The molecule has 180 valence electrons. The molecular weight excluding hydrogens is 406 g/mol. The Morgan fingerprint density at radius 1 is 1.06 bits per heavy atom. The number of anilines is 1. The first-order valence-electron chi connectivity index (χ1n) is 12.7. The maximum Gasteiger partial charge on any atom is 0.120 e. The third-order valence-electron chi connectivity index (χ3n) is 7.25. The number of nitrogens with zero attached hydrogens (tertiary/aromatic N) is 1. The van der Waals surface area contributed by atoms with Gasteiger partial charge < -0.3 is 20.3 Å². The van der Waals surface area contributed by atoms with Crippen LogP contribution in [0.2, 0.25) is 0 Å². The third kappa shape index (κ3) is 6.10. The molecule has 0 spiro atoms. The van der Waals surface area contributed by atoms with Crippen molar-refractivity contribution in [3.05, 3.63) is 59.2 Å². The summed E-state index contributed by atoms with van der Waals surface area (Å²) in [5.74, 6) is 1.00. The monoisotopic (exact) mass is 449 g/mol. The van der Waals surface area contributed by atoms with E-state index in [0.717, 1.165) is 38.2 Å². The Hall–Kier alpha value is -2.04. The van der Waals surface area contributed by atoms with Crippen LogP contribution >= 0.6 is 0 Å². The average molecular weight is 450 g/mol. The van der Waals surface area contributed by atoms with Crippen molar-refractivity contribution in [1.29, 1.82) is 0 Å². The second kappa shape index (κ2) is 9.68. The summed E-state index contributed by atoms with van der Waals surface area (Å²) < 4.78 is 6.29. The van der Waals surface area contributed by atoms with E-state index in [9.17, 15) is 0 Å². The zero-order chi connectivity index (χ0) is 23.6. The highest BCUT2D eigenvalue weighted by molar-refractivity contribution is 5.49. The van der Waals surface area contributed by atoms with Gasteiger partial charge in [-0.3, -0.25) is 0 Å². The van der Waals surface area contributed by atoms with Gasteiger partial charge in [-0.2, -0.15) is 0 Å². The molecule has 0 amide bonds. The van der Waals surface area contributed by atoms with E-state index < -0.39 is 0 Å². The van der Waals surface area contributed by atoms with Crippen LogP contribution in [0.4, 0.5) is 5.69 Å². The van der Waals surface area contributed by atoms with Crippen LogP contribution in [0, 0.1) is 0 Å². The second-order valence-corrected chi connectivity index (χ2v) is 11.8. The number of nitrogens with one attached hydrogen (secondary N) is 2. The quantitative estimate of drug-likeness (QED) is 0.597. The van der Waals surface area contributed by atoms with E-state index in [4.69, 9.17) is 4.74 Å². The summed E-state index contributed by atoms with van der Waals surface area (Å²) in [6, 6.07) is 16.4. The van der Waals surface area contributed by atoms with Crippen molar-refractivity contribution in [2.24, 2.45) is 0 Å². The van der Waals surface area contributed by atoms with Gasteiger partial charge >= 0.3 is 0 Å². The molecule has 4 heteroatoms. The predicted molar refractivity (Wildman–Crippen MR) is 140 cm³/mol. The minimum absolute atomic E-state index is 0.0297. The van der Waals surface area contributed by atoms with E-state index >= 15 is 0 Å². The summed E-state index contributed by atoms with van der Waals surface area (Å²) in [7, 11) is 2.20. The number of hydrogen-bond donors (Lipinski definition) is 2. The minimum Gasteiger partial charge on any atom is -0.489 e. The fourth-order valence-electron chi connectivity index (χ4n) is 5.30. The van der Waals surface area contributed by atoms with Crippen molar-refractivity contribution < 1.29 is 4.74 Å². The molecule has 2 aliphatic rings. The SMILES string of the molecule is CN1CCC(Nc2cccc(C(C)(C)Cc3ccc(OC4CCNC4)cc3C(C)(C)C)c2)C1. The van der Waals surface area contributed by atoms with Crippen LogP contribution in [-0.4, -0.2) is 50.3 Å². The van der Waals surface area contributed by atoms with Gasteiger partial charge in [0.15, 0.2) is 0 Å². The highest BCUT2D eigenvalue weighted by Crippen LogP contribution is 2.36. The zero-order valence-corrected chi connectivity index (χ0v) is 21.5. The fourth-order valence-corrected chi connectivity index (χ4v) is 5.30. The van der Waals surface area contributed by atoms with Crippen LogP contribution in [0.25, 0.3) is 0 Å². The Labute approximate surface area is 201 Å². The maximum absolute atomic E-state index is 6.29. The van der Waals surface area contributed by atoms with E-state index in [1.165, 1.54) is 35.3 Å². The van der Waals surface area contributed by atoms with Gasteiger partial charge in [0.1, 0.15) is 11.9 Å². The third-order valence-corrected chi connectivity index (χ3v) is 7.25. The predicted octanol–water partition coefficient (Wildman–Crippen LogP) is 5.36. The molecule has 2 heterocycles. The largest absolute Gasteiger partial charge is 0.489 e. The first kappa shape index (κ1) is 24.1. The Balaban J connectivity index is 1.53. The topological polar surface area (TPSA) is 36.5 Å². The molecule has 33 heavy (non-hydrogen) atoms. The molecule has 2 saturated heterocycles. The normalized spacial score (nSPS) is 22.0. The number of likely N-dealkylation sites (N-methyl/N-ethyl adjacent to an activating group) is 1. The molecule has 0 radical (unpaired) electrons. The molecule has 2 aromatic carbocycles. The van der Waals surface area contributed by atoms with Crippen molar-refractivity contribution >= 4 is 5.69 Å². The van der Waals surface area contributed by atoms with Crippen LogP contribution in [-0.2, 0) is 17.3 Å². The van der Waals surface area contributed by atoms with E-state index in [0.29, 0.717) is 6.04 Å². The lowest BCUT2D eigenvalue weighted by atomic mass is 9.74. The number of ether oxygens (including phenoxy) is 1. The molecule has 0 bridgehead atoms. The van der Waals surface area contributed by atoms with Crippen molar-refractivity contribution in [2.45, 2.75) is 76.9 Å². The van der Waals surface area contributed by atoms with Crippen molar-refractivity contribution in [3.8, 4) is 5.75 Å². The second-order valence-electron chi connectivity index (χ2n) is 11.8. The van der Waals surface area contributed by atoms with Crippen LogP contribution in [0.5, 0.6) is 5.75 Å². The van der Waals surface area contributed by atoms with E-state index in [-0.39, 0.29) is 16.9 Å². The minimum atomic E-state index is 0.0297. The van der Waals surface area contributed by atoms with Gasteiger partial charge in [-0.05, 0) is 91.2 Å². The number of likely N-dealkylation sites (tertiary alicyclic amines) is 1. The lowest BCUT2D eigenvalue weighted by molar-refractivity contribution is 0.222. The molecule has 2 fully saturated rings. The molecule has 2 unspecified atom stereocenters. The molecule has 2 atom stereocenters. The molecule has 2 aromatic rings. The van der Waals surface area contributed by atoms with Crippen LogP contribution in [0.15, 0.2) is 42.5 Å². The van der Waals surface area contributed by atoms with E-state index in [1.807, 2.05) is 0 Å². The summed E-state index contributed by atoms with van der Waals surface area (Å²) in [4.78, 5) is 2.40. The summed E-state index contributed by atoms with van der Waals surface area (Å²) in [5.41, 5.74) is 5.53. The highest BCUT2D eigenvalue weighted by atomic mass is 16.5. The van der Waals surface area contributed by atoms with Crippen molar-refractivity contribution in [3.63, 3.8) is 0 Å². The molecule has 0 saturated carbocycles. The van der Waals surface area contributed by atoms with E-state index in [1.54, 1.807) is 0 Å². The fraction of sp³-hybridized carbons (Fsp3) is 0.586. The van der Waals surface area contributed by atoms with Gasteiger partial charge in [-0.15, -0.1) is 0 Å². The van der Waals surface area contributed by atoms with Gasteiger partial charge in [-0.25, -0.2) is 0 Å². The Bertz CT molecular complexity index is 940. The van der Waals surface area contributed by atoms with Gasteiger partial charge in [0.25, 0.3) is 0 Å². The van der Waals surface area contributed by atoms with Crippen LogP contribution < -0.4 is 15.4 Å². The Morgan fingerprint density at radius 2 is 1.88 bits per heavy atom. The standard InChI is InChI=1S/C29H43N3O/c1-28(2,3)27-17-25(33-26-12-14-30-19-26)11-10-21(27)18-29(4,5)22-8-7-9-23(16-22)31-24-13-15-32(6)20-24/h7-11,16-17,24,26,30-31H,12-15,18-20H2,1-6H3. The highest BCUT2D eigenvalue weighted by Gasteiger charge is 2.27. The summed E-state index contributed by atoms with van der Waals surface area (Å²) in [5, 5.41) is 7.16. The smallest absolute Gasteiger partial charge is 0.120 e. The molecule has 0 aromatic heterocycles. The first-order chi connectivity index (χ1) is 15.6. The summed E-state index contributed by atoms with van der Waals surface area (Å²) in [6.07, 6.45) is 3.58. The van der Waals surface area contributed by atoms with Gasteiger partial charge in [0.05, 0.1) is 0 Å². The average Bonchev–Trinajstić information content (AvgIpc) is 3.40. The Morgan fingerprint density at radius 3 is 2.55 bits per heavy atom. The van der Waals surface area contributed by atoms with Crippen molar-refractivity contribution in [1.82, 2.24) is 10.2 Å². The number of hydrogen-bond acceptors (Lipinski definition) is 4. The molecule has 0 aliphatic carbocycles. The van der Waals surface area contributed by atoms with Gasteiger partial charge in [0, 0.05) is 24.8 Å². The van der Waals surface area contributed by atoms with Gasteiger partial charge in [0.2, 0.25) is 0 Å². The molecular formula is C29H43N3O. The lowest BCUT2D eigenvalue weighted by Gasteiger charge is -2.31. The molecule has 2 aliphatic heterocycles. The van der Waals surface area contributed by atoms with Gasteiger partial charge in [-0.1, -0.05) is 52.8 Å². The zero-order valence-electron chi connectivity index (χ0n) is 21.5. The first-order valence-corrected chi connectivity index (χ1v) is 12.7. The molecule has 2 N–H and O–H groups in total.